The average Bonchev–Trinajstić information content (AvgIpc) is 2.46. The third-order valence-corrected chi connectivity index (χ3v) is 2.10. The Kier molecular flexibility index (Phi) is 1.66. The molecule has 0 amide bonds. The van der Waals surface area contributed by atoms with Crippen molar-refractivity contribution in [2.24, 2.45) is 0 Å². The second-order valence-corrected chi connectivity index (χ2v) is 2.94. The lowest BCUT2D eigenvalue weighted by molar-refractivity contribution is 0.297. The summed E-state index contributed by atoms with van der Waals surface area (Å²) < 4.78 is 0. The number of aliphatic hydroxyl groups is 1. The fourth-order valence-electron chi connectivity index (χ4n) is 1.58. The summed E-state index contributed by atoms with van der Waals surface area (Å²) in [6, 6.07) is 0. The molecule has 0 spiro atoms. The zero-order chi connectivity index (χ0) is 7.68. The minimum absolute atomic E-state index is 0.187. The maximum absolute atomic E-state index is 8.65. The fourth-order valence-corrected chi connectivity index (χ4v) is 1.58. The molecular weight excluding hydrogens is 140 g/mol. The highest BCUT2D eigenvalue weighted by Crippen LogP contribution is 2.18. The first-order valence-electron chi connectivity index (χ1n) is 4.07. The number of hydrogen-bond acceptors (Lipinski definition) is 2. The van der Waals surface area contributed by atoms with Gasteiger partial charge in [0, 0.05) is 12.1 Å². The Hall–Kier alpha value is -0.830. The van der Waals surface area contributed by atoms with E-state index in [1.54, 1.807) is 0 Å². The number of hydrogen-bond donors (Lipinski definition) is 2. The van der Waals surface area contributed by atoms with Gasteiger partial charge < -0.3 is 10.1 Å². The van der Waals surface area contributed by atoms with Crippen molar-refractivity contribution in [2.75, 3.05) is 6.61 Å². The second-order valence-electron chi connectivity index (χ2n) is 2.94. The van der Waals surface area contributed by atoms with Crippen LogP contribution in [-0.4, -0.2) is 21.7 Å². The molecule has 0 atom stereocenters. The molecule has 0 saturated heterocycles. The first-order chi connectivity index (χ1) is 5.40. The van der Waals surface area contributed by atoms with Crippen LogP contribution in [0.1, 0.15) is 23.6 Å². The van der Waals surface area contributed by atoms with E-state index in [-0.39, 0.29) is 6.61 Å². The number of rotatable bonds is 2. The second kappa shape index (κ2) is 2.66. The maximum atomic E-state index is 8.65. The molecule has 2 N–H and O–H groups in total. The number of aromatic amines is 1. The van der Waals surface area contributed by atoms with Crippen molar-refractivity contribution in [1.29, 1.82) is 0 Å². The van der Waals surface area contributed by atoms with Gasteiger partial charge in [-0.05, 0) is 19.3 Å². The molecule has 1 aliphatic rings. The Morgan fingerprint density at radius 2 is 2.36 bits per heavy atom. The molecular formula is C8H12N2O. The van der Waals surface area contributed by atoms with Crippen LogP contribution >= 0.6 is 0 Å². The minimum Gasteiger partial charge on any atom is -0.396 e. The van der Waals surface area contributed by atoms with Gasteiger partial charge in [0.05, 0.1) is 12.3 Å². The van der Waals surface area contributed by atoms with Gasteiger partial charge >= 0.3 is 0 Å². The molecule has 0 bridgehead atoms. The minimum atomic E-state index is 0.187. The fraction of sp³-hybridized carbons (Fsp3) is 0.625. The highest BCUT2D eigenvalue weighted by Gasteiger charge is 2.14. The number of aliphatic hydroxyl groups excluding tert-OH is 1. The lowest BCUT2D eigenvalue weighted by atomic mass is 10.3. The standard InChI is InChI=1S/C8H12N2O/c11-5-4-8-9-6-2-1-3-7(6)10-8/h11H,1-5H2,(H,9,10). The normalized spacial score (nSPS) is 15.4. The molecule has 3 heteroatoms. The number of imidazole rings is 1. The third-order valence-electron chi connectivity index (χ3n) is 2.10. The molecule has 0 aliphatic heterocycles. The molecule has 1 aliphatic carbocycles. The van der Waals surface area contributed by atoms with E-state index in [4.69, 9.17) is 5.11 Å². The number of H-pyrrole nitrogens is 1. The SMILES string of the molecule is OCCc1nc2c([nH]1)CCC2. The topological polar surface area (TPSA) is 48.9 Å². The van der Waals surface area contributed by atoms with Crippen LogP contribution in [0.15, 0.2) is 0 Å². The summed E-state index contributed by atoms with van der Waals surface area (Å²) in [4.78, 5) is 7.59. The Balaban J connectivity index is 2.20. The van der Waals surface area contributed by atoms with E-state index in [1.807, 2.05) is 0 Å². The number of aryl methyl sites for hydroxylation is 2. The Labute approximate surface area is 65.5 Å². The van der Waals surface area contributed by atoms with Crippen LogP contribution < -0.4 is 0 Å². The molecule has 0 unspecified atom stereocenters. The van der Waals surface area contributed by atoms with Gasteiger partial charge in [0.15, 0.2) is 0 Å². The predicted molar refractivity (Wildman–Crippen MR) is 41.4 cm³/mol. The van der Waals surface area contributed by atoms with Crippen molar-refractivity contribution >= 4 is 0 Å². The van der Waals surface area contributed by atoms with E-state index in [1.165, 1.54) is 17.8 Å². The molecule has 0 radical (unpaired) electrons. The van der Waals surface area contributed by atoms with E-state index in [0.29, 0.717) is 6.42 Å². The van der Waals surface area contributed by atoms with Gasteiger partial charge in [-0.2, -0.15) is 0 Å². The van der Waals surface area contributed by atoms with Gasteiger partial charge in [-0.25, -0.2) is 4.98 Å². The molecule has 0 fully saturated rings. The van der Waals surface area contributed by atoms with E-state index in [0.717, 1.165) is 18.7 Å². The van der Waals surface area contributed by atoms with Crippen molar-refractivity contribution in [1.82, 2.24) is 9.97 Å². The number of nitrogens with one attached hydrogen (secondary N) is 1. The van der Waals surface area contributed by atoms with Crippen molar-refractivity contribution in [3.05, 3.63) is 17.2 Å². The molecule has 11 heavy (non-hydrogen) atoms. The Morgan fingerprint density at radius 1 is 1.45 bits per heavy atom. The predicted octanol–water partition coefficient (Wildman–Crippen LogP) is 0.433. The van der Waals surface area contributed by atoms with E-state index in [2.05, 4.69) is 9.97 Å². The van der Waals surface area contributed by atoms with Crippen molar-refractivity contribution in [3.8, 4) is 0 Å². The van der Waals surface area contributed by atoms with Crippen LogP contribution in [0.2, 0.25) is 0 Å². The molecule has 1 heterocycles. The van der Waals surface area contributed by atoms with Gasteiger partial charge in [-0.15, -0.1) is 0 Å². The summed E-state index contributed by atoms with van der Waals surface area (Å²) >= 11 is 0. The lowest BCUT2D eigenvalue weighted by Crippen LogP contribution is -1.94. The zero-order valence-electron chi connectivity index (χ0n) is 6.43. The molecule has 0 aromatic carbocycles. The number of nitrogens with zero attached hydrogens (tertiary/aromatic N) is 1. The average molecular weight is 152 g/mol. The van der Waals surface area contributed by atoms with Gasteiger partial charge in [-0.1, -0.05) is 0 Å². The van der Waals surface area contributed by atoms with Gasteiger partial charge in [-0.3, -0.25) is 0 Å². The quantitative estimate of drug-likeness (QED) is 0.645. The van der Waals surface area contributed by atoms with E-state index < -0.39 is 0 Å². The van der Waals surface area contributed by atoms with Crippen LogP contribution in [0.4, 0.5) is 0 Å². The van der Waals surface area contributed by atoms with Crippen LogP contribution in [0.3, 0.4) is 0 Å². The molecule has 60 valence electrons. The van der Waals surface area contributed by atoms with Gasteiger partial charge in [0.1, 0.15) is 5.82 Å². The largest absolute Gasteiger partial charge is 0.396 e. The zero-order valence-corrected chi connectivity index (χ0v) is 6.43. The van der Waals surface area contributed by atoms with Crippen LogP contribution in [0, 0.1) is 0 Å². The molecule has 2 rings (SSSR count). The first kappa shape index (κ1) is 6.85. The highest BCUT2D eigenvalue weighted by molar-refractivity contribution is 5.19. The van der Waals surface area contributed by atoms with Crippen molar-refractivity contribution in [2.45, 2.75) is 25.7 Å². The maximum Gasteiger partial charge on any atom is 0.108 e. The monoisotopic (exact) mass is 152 g/mol. The van der Waals surface area contributed by atoms with E-state index >= 15 is 0 Å². The summed E-state index contributed by atoms with van der Waals surface area (Å²) in [5, 5.41) is 8.65. The third kappa shape index (κ3) is 1.16. The summed E-state index contributed by atoms with van der Waals surface area (Å²) in [6.07, 6.45) is 4.13. The first-order valence-corrected chi connectivity index (χ1v) is 4.07. The summed E-state index contributed by atoms with van der Waals surface area (Å²) in [5.74, 6) is 0.942. The van der Waals surface area contributed by atoms with Gasteiger partial charge in [0.25, 0.3) is 0 Å². The Bertz CT molecular complexity index is 233. The van der Waals surface area contributed by atoms with E-state index in [9.17, 15) is 0 Å². The van der Waals surface area contributed by atoms with Crippen LogP contribution in [-0.2, 0) is 19.3 Å². The molecule has 1 aromatic heterocycles. The number of fused-ring (bicyclic) bond motifs is 1. The van der Waals surface area contributed by atoms with Gasteiger partial charge in [0.2, 0.25) is 0 Å². The lowest BCUT2D eigenvalue weighted by Gasteiger charge is -1.90. The van der Waals surface area contributed by atoms with Crippen LogP contribution in [0.5, 0.6) is 0 Å². The smallest absolute Gasteiger partial charge is 0.108 e. The molecule has 0 saturated carbocycles. The summed E-state index contributed by atoms with van der Waals surface area (Å²) in [6.45, 7) is 0.187. The summed E-state index contributed by atoms with van der Waals surface area (Å²) in [5.41, 5.74) is 2.50. The van der Waals surface area contributed by atoms with Crippen molar-refractivity contribution in [3.63, 3.8) is 0 Å². The number of aromatic nitrogens is 2. The summed E-state index contributed by atoms with van der Waals surface area (Å²) in [7, 11) is 0. The van der Waals surface area contributed by atoms with Crippen molar-refractivity contribution < 1.29 is 5.11 Å². The Morgan fingerprint density at radius 3 is 3.09 bits per heavy atom. The molecule has 3 nitrogen and oxygen atoms in total. The molecule has 1 aromatic rings. The van der Waals surface area contributed by atoms with Crippen LogP contribution in [0.25, 0.3) is 0 Å². The highest BCUT2D eigenvalue weighted by atomic mass is 16.3.